The quantitative estimate of drug-likeness (QED) is 0.257. The van der Waals surface area contributed by atoms with Crippen molar-refractivity contribution in [2.24, 2.45) is 51.3 Å². The van der Waals surface area contributed by atoms with Crippen LogP contribution >= 0.6 is 0 Å². The molecule has 0 bridgehead atoms. The van der Waals surface area contributed by atoms with Crippen LogP contribution in [0.3, 0.4) is 0 Å². The first kappa shape index (κ1) is 28.0. The Bertz CT molecular complexity index is 817. The molecule has 5 nitrogen and oxygen atoms in total. The van der Waals surface area contributed by atoms with Crippen molar-refractivity contribution < 1.29 is 47.6 Å². The SMILES string of the molecule is C[C@H](CCC([O-])=NCCS(=O)(=O)O)[C@H]1CC[C@H]2[C@@H]3CC[C@H]4CCCC[C@]4(C)[C@H]3CC[C@]12C.[Na+]. The van der Waals surface area contributed by atoms with Gasteiger partial charge in [0.1, 0.15) is 0 Å². The Balaban J connectivity index is 0.00000306. The fraction of sp³-hybridized carbons (Fsp3) is 0.962. The molecule has 0 spiro atoms. The van der Waals surface area contributed by atoms with Gasteiger partial charge in [-0.05, 0) is 116 Å². The van der Waals surface area contributed by atoms with E-state index in [2.05, 4.69) is 25.8 Å². The molecule has 4 rings (SSSR count). The van der Waals surface area contributed by atoms with Crippen LogP contribution in [0.5, 0.6) is 0 Å². The van der Waals surface area contributed by atoms with E-state index in [4.69, 9.17) is 4.55 Å². The maximum absolute atomic E-state index is 12.1. The van der Waals surface area contributed by atoms with E-state index in [9.17, 15) is 13.5 Å². The van der Waals surface area contributed by atoms with Crippen molar-refractivity contribution in [3.63, 3.8) is 0 Å². The van der Waals surface area contributed by atoms with Gasteiger partial charge < -0.3 is 10.1 Å². The van der Waals surface area contributed by atoms with Gasteiger partial charge in [-0.1, -0.05) is 33.6 Å². The molecule has 0 aromatic heterocycles. The molecular formula is C26H44NNaO4S. The minimum Gasteiger partial charge on any atom is -0.862 e. The van der Waals surface area contributed by atoms with Crippen LogP contribution in [0.2, 0.25) is 0 Å². The number of hydrogen-bond acceptors (Lipinski definition) is 4. The van der Waals surface area contributed by atoms with Gasteiger partial charge in [-0.15, -0.1) is 0 Å². The molecule has 1 N–H and O–H groups in total. The summed E-state index contributed by atoms with van der Waals surface area (Å²) in [6.45, 7) is 7.38. The number of nitrogens with zero attached hydrogens (tertiary/aromatic N) is 1. The van der Waals surface area contributed by atoms with Crippen LogP contribution in [0, 0.1) is 46.3 Å². The van der Waals surface area contributed by atoms with E-state index in [-0.39, 0.29) is 42.0 Å². The van der Waals surface area contributed by atoms with Crippen molar-refractivity contribution in [2.45, 2.75) is 97.8 Å². The van der Waals surface area contributed by atoms with Gasteiger partial charge in [0.15, 0.2) is 0 Å². The van der Waals surface area contributed by atoms with Crippen LogP contribution in [-0.2, 0) is 10.1 Å². The molecule has 0 aliphatic heterocycles. The van der Waals surface area contributed by atoms with Gasteiger partial charge >= 0.3 is 29.6 Å². The Hall–Kier alpha value is 0.380. The minimum atomic E-state index is -4.05. The second-order valence-electron chi connectivity index (χ2n) is 12.2. The van der Waals surface area contributed by atoms with Gasteiger partial charge in [0.25, 0.3) is 10.1 Å². The second kappa shape index (κ2) is 10.8. The molecule has 4 saturated carbocycles. The zero-order valence-corrected chi connectivity index (χ0v) is 24.2. The number of hydrogen-bond donors (Lipinski definition) is 1. The van der Waals surface area contributed by atoms with Crippen molar-refractivity contribution in [3.8, 4) is 0 Å². The normalized spacial score (nSPS) is 41.9. The monoisotopic (exact) mass is 489 g/mol. The summed E-state index contributed by atoms with van der Waals surface area (Å²) in [5, 5.41) is 12.1. The predicted octanol–water partition coefficient (Wildman–Crippen LogP) is 2.10. The first-order valence-corrected chi connectivity index (χ1v) is 14.8. The van der Waals surface area contributed by atoms with Crippen molar-refractivity contribution in [1.82, 2.24) is 0 Å². The van der Waals surface area contributed by atoms with Gasteiger partial charge in [0.05, 0.1) is 12.3 Å². The molecule has 0 amide bonds. The number of fused-ring (bicyclic) bond motifs is 5. The molecule has 0 aromatic carbocycles. The summed E-state index contributed by atoms with van der Waals surface area (Å²) in [6, 6.07) is 0. The Morgan fingerprint density at radius 2 is 1.76 bits per heavy atom. The van der Waals surface area contributed by atoms with Crippen molar-refractivity contribution >= 4 is 16.0 Å². The third-order valence-electron chi connectivity index (χ3n) is 10.8. The van der Waals surface area contributed by atoms with Gasteiger partial charge in [-0.25, -0.2) is 0 Å². The summed E-state index contributed by atoms with van der Waals surface area (Å²) < 4.78 is 30.4. The van der Waals surface area contributed by atoms with Gasteiger partial charge in [0, 0.05) is 0 Å². The predicted molar refractivity (Wildman–Crippen MR) is 127 cm³/mol. The van der Waals surface area contributed by atoms with Crippen LogP contribution in [0.4, 0.5) is 0 Å². The molecule has 4 aliphatic carbocycles. The summed E-state index contributed by atoms with van der Waals surface area (Å²) in [5.74, 6) is 4.11. The molecule has 33 heavy (non-hydrogen) atoms. The standard InChI is InChI=1S/C26H45NO4S.Na/c1-18(7-12-24(28)27-16-17-32(29,30)31)21-10-11-22-20-9-8-19-6-4-5-14-25(19,2)23(20)13-15-26(21,22)3;/h18-23H,4-17H2,1-3H3,(H,27,28)(H,29,30,31);/q;+1/p-1/t18-,19-,20+,21-,22+,23+,25+,26-;/m1./s1. The largest absolute Gasteiger partial charge is 1.00 e. The molecule has 0 radical (unpaired) electrons. The maximum Gasteiger partial charge on any atom is 1.00 e. The average molecular weight is 490 g/mol. The van der Waals surface area contributed by atoms with Crippen LogP contribution in [0.25, 0.3) is 0 Å². The molecule has 4 fully saturated rings. The van der Waals surface area contributed by atoms with Crippen molar-refractivity contribution in [1.29, 1.82) is 0 Å². The molecule has 0 unspecified atom stereocenters. The van der Waals surface area contributed by atoms with E-state index in [1.165, 1.54) is 64.2 Å². The molecule has 184 valence electrons. The molecule has 0 heterocycles. The van der Waals surface area contributed by atoms with E-state index in [1.54, 1.807) is 0 Å². The second-order valence-corrected chi connectivity index (χ2v) is 13.8. The van der Waals surface area contributed by atoms with E-state index in [0.717, 1.165) is 30.1 Å². The van der Waals surface area contributed by atoms with Crippen LogP contribution in [-0.4, -0.2) is 31.2 Å². The van der Waals surface area contributed by atoms with Gasteiger partial charge in [-0.3, -0.25) is 4.55 Å². The van der Waals surface area contributed by atoms with E-state index in [0.29, 0.717) is 29.1 Å². The fourth-order valence-corrected chi connectivity index (χ4v) is 9.51. The average Bonchev–Trinajstić information content (AvgIpc) is 3.08. The van der Waals surface area contributed by atoms with E-state index >= 15 is 0 Å². The van der Waals surface area contributed by atoms with E-state index in [1.807, 2.05) is 0 Å². The third-order valence-corrected chi connectivity index (χ3v) is 11.5. The molecule has 7 heteroatoms. The Labute approximate surface area is 224 Å². The Morgan fingerprint density at radius 1 is 1.03 bits per heavy atom. The summed E-state index contributed by atoms with van der Waals surface area (Å²) in [6.07, 6.45) is 15.3. The molecular weight excluding hydrogens is 445 g/mol. The van der Waals surface area contributed by atoms with Gasteiger partial charge in [-0.2, -0.15) is 8.42 Å². The van der Waals surface area contributed by atoms with Crippen LogP contribution in [0.15, 0.2) is 4.99 Å². The van der Waals surface area contributed by atoms with Crippen LogP contribution in [0.1, 0.15) is 97.8 Å². The Kier molecular flexibility index (Phi) is 9.14. The van der Waals surface area contributed by atoms with E-state index < -0.39 is 15.9 Å². The maximum atomic E-state index is 12.1. The molecule has 0 saturated heterocycles. The number of aliphatic imine (C=N–C) groups is 1. The molecule has 8 atom stereocenters. The first-order valence-electron chi connectivity index (χ1n) is 13.2. The fourth-order valence-electron chi connectivity index (χ4n) is 9.19. The smallest absolute Gasteiger partial charge is 0.862 e. The first-order chi connectivity index (χ1) is 15.0. The third kappa shape index (κ3) is 5.70. The zero-order valence-electron chi connectivity index (χ0n) is 21.4. The van der Waals surface area contributed by atoms with Crippen LogP contribution < -0.4 is 34.7 Å². The zero-order chi connectivity index (χ0) is 23.1. The van der Waals surface area contributed by atoms with Gasteiger partial charge in [0.2, 0.25) is 0 Å². The summed E-state index contributed by atoms with van der Waals surface area (Å²) in [5.41, 5.74) is 0.992. The van der Waals surface area contributed by atoms with Crippen molar-refractivity contribution in [2.75, 3.05) is 12.3 Å². The minimum absolute atomic E-state index is 0. The summed E-state index contributed by atoms with van der Waals surface area (Å²) in [4.78, 5) is 3.83. The number of rotatable bonds is 7. The topological polar surface area (TPSA) is 89.8 Å². The summed E-state index contributed by atoms with van der Waals surface area (Å²) in [7, 11) is -4.05. The Morgan fingerprint density at radius 3 is 2.48 bits per heavy atom. The molecule has 0 aromatic rings. The van der Waals surface area contributed by atoms with Crippen molar-refractivity contribution in [3.05, 3.63) is 0 Å². The molecule has 4 aliphatic rings. The summed E-state index contributed by atoms with van der Waals surface area (Å²) >= 11 is 0.